The maximum Gasteiger partial charge on any atom is 0.233 e. The molecule has 22 heavy (non-hydrogen) atoms. The molecule has 3 fully saturated rings. The summed E-state index contributed by atoms with van der Waals surface area (Å²) in [5, 5.41) is 0. The lowest BCUT2D eigenvalue weighted by atomic mass is 9.94. The SMILES string of the molecule is Cl.NC1CCC2CN(C(=O)C3(c4cccc(Br)c4)CC3)CC12. The lowest BCUT2D eigenvalue weighted by Gasteiger charge is -2.25. The van der Waals surface area contributed by atoms with Gasteiger partial charge in [0.2, 0.25) is 5.91 Å². The molecule has 4 rings (SSSR count). The van der Waals surface area contributed by atoms with Gasteiger partial charge in [0.15, 0.2) is 0 Å². The second kappa shape index (κ2) is 5.81. The number of nitrogens with zero attached hydrogens (tertiary/aromatic N) is 1. The third-order valence-corrected chi connectivity index (χ3v) is 6.23. The fourth-order valence-corrected chi connectivity index (χ4v) is 4.71. The molecule has 1 amide bonds. The number of hydrogen-bond donors (Lipinski definition) is 1. The van der Waals surface area contributed by atoms with Crippen LogP contribution in [0.3, 0.4) is 0 Å². The number of carbonyl (C=O) groups excluding carboxylic acids is 1. The largest absolute Gasteiger partial charge is 0.341 e. The van der Waals surface area contributed by atoms with E-state index in [-0.39, 0.29) is 17.8 Å². The molecular weight excluding hydrogens is 364 g/mol. The molecule has 1 aliphatic heterocycles. The Labute approximate surface area is 146 Å². The minimum Gasteiger partial charge on any atom is -0.341 e. The van der Waals surface area contributed by atoms with E-state index in [0.717, 1.165) is 36.8 Å². The topological polar surface area (TPSA) is 46.3 Å². The first-order valence-corrected chi connectivity index (χ1v) is 8.70. The number of rotatable bonds is 2. The van der Waals surface area contributed by atoms with Crippen LogP contribution in [0.1, 0.15) is 31.2 Å². The number of carbonyl (C=O) groups is 1. The minimum atomic E-state index is -0.244. The van der Waals surface area contributed by atoms with Crippen molar-refractivity contribution in [1.82, 2.24) is 4.90 Å². The normalized spacial score (nSPS) is 31.5. The molecule has 3 nitrogen and oxygen atoms in total. The fourth-order valence-electron chi connectivity index (χ4n) is 4.31. The molecule has 3 unspecified atom stereocenters. The van der Waals surface area contributed by atoms with Crippen molar-refractivity contribution in [2.24, 2.45) is 17.6 Å². The van der Waals surface area contributed by atoms with Crippen LogP contribution in [-0.2, 0) is 10.2 Å². The van der Waals surface area contributed by atoms with Gasteiger partial charge in [-0.05, 0) is 55.2 Å². The van der Waals surface area contributed by atoms with E-state index in [1.807, 2.05) is 12.1 Å². The summed E-state index contributed by atoms with van der Waals surface area (Å²) < 4.78 is 1.05. The molecule has 0 radical (unpaired) electrons. The highest BCUT2D eigenvalue weighted by atomic mass is 79.9. The number of fused-ring (bicyclic) bond motifs is 1. The molecular formula is C17H22BrClN2O. The van der Waals surface area contributed by atoms with Crippen molar-refractivity contribution in [3.63, 3.8) is 0 Å². The number of likely N-dealkylation sites (tertiary alicyclic amines) is 1. The highest BCUT2D eigenvalue weighted by Crippen LogP contribution is 2.51. The van der Waals surface area contributed by atoms with E-state index in [0.29, 0.717) is 23.8 Å². The van der Waals surface area contributed by atoms with Crippen molar-refractivity contribution in [2.75, 3.05) is 13.1 Å². The molecule has 1 heterocycles. The van der Waals surface area contributed by atoms with Crippen LogP contribution >= 0.6 is 28.3 Å². The van der Waals surface area contributed by atoms with E-state index >= 15 is 0 Å². The lowest BCUT2D eigenvalue weighted by molar-refractivity contribution is -0.133. The number of halogens is 2. The quantitative estimate of drug-likeness (QED) is 0.850. The van der Waals surface area contributed by atoms with E-state index in [1.54, 1.807) is 0 Å². The zero-order valence-electron chi connectivity index (χ0n) is 12.5. The molecule has 1 aromatic carbocycles. The molecule has 0 aromatic heterocycles. The third kappa shape index (κ3) is 2.49. The van der Waals surface area contributed by atoms with Gasteiger partial charge >= 0.3 is 0 Å². The average Bonchev–Trinajstić information content (AvgIpc) is 3.06. The van der Waals surface area contributed by atoms with Gasteiger partial charge in [0.05, 0.1) is 5.41 Å². The lowest BCUT2D eigenvalue weighted by Crippen LogP contribution is -2.39. The van der Waals surface area contributed by atoms with E-state index < -0.39 is 0 Å². The minimum absolute atomic E-state index is 0. The van der Waals surface area contributed by atoms with Crippen LogP contribution in [0.4, 0.5) is 0 Å². The van der Waals surface area contributed by atoms with Crippen molar-refractivity contribution in [3.8, 4) is 0 Å². The Morgan fingerprint density at radius 2 is 2.05 bits per heavy atom. The Kier molecular flexibility index (Phi) is 4.30. The zero-order valence-corrected chi connectivity index (χ0v) is 14.9. The maximum absolute atomic E-state index is 13.0. The summed E-state index contributed by atoms with van der Waals surface area (Å²) in [6.45, 7) is 1.80. The molecule has 5 heteroatoms. The smallest absolute Gasteiger partial charge is 0.233 e. The Bertz CT molecular complexity index is 590. The predicted molar refractivity (Wildman–Crippen MR) is 93.1 cm³/mol. The summed E-state index contributed by atoms with van der Waals surface area (Å²) in [6.07, 6.45) is 4.30. The van der Waals surface area contributed by atoms with Crippen LogP contribution in [0.2, 0.25) is 0 Å². The second-order valence-electron chi connectivity index (χ2n) is 6.97. The maximum atomic E-state index is 13.0. The van der Waals surface area contributed by atoms with Gasteiger partial charge in [-0.25, -0.2) is 0 Å². The van der Waals surface area contributed by atoms with Crippen LogP contribution < -0.4 is 5.73 Å². The summed E-state index contributed by atoms with van der Waals surface area (Å²) in [7, 11) is 0. The first-order chi connectivity index (χ1) is 10.1. The van der Waals surface area contributed by atoms with Gasteiger partial charge in [-0.2, -0.15) is 0 Å². The van der Waals surface area contributed by atoms with Crippen molar-refractivity contribution in [1.29, 1.82) is 0 Å². The van der Waals surface area contributed by atoms with Gasteiger partial charge < -0.3 is 10.6 Å². The third-order valence-electron chi connectivity index (χ3n) is 5.74. The molecule has 2 N–H and O–H groups in total. The molecule has 2 saturated carbocycles. The van der Waals surface area contributed by atoms with Gasteiger partial charge in [-0.15, -0.1) is 12.4 Å². The fraction of sp³-hybridized carbons (Fsp3) is 0.588. The Morgan fingerprint density at radius 1 is 1.27 bits per heavy atom. The van der Waals surface area contributed by atoms with Crippen molar-refractivity contribution in [2.45, 2.75) is 37.1 Å². The molecule has 3 aliphatic rings. The molecule has 120 valence electrons. The van der Waals surface area contributed by atoms with Crippen molar-refractivity contribution < 1.29 is 4.79 Å². The van der Waals surface area contributed by atoms with Gasteiger partial charge in [-0.1, -0.05) is 28.1 Å². The Hall–Kier alpha value is -0.580. The Morgan fingerprint density at radius 3 is 2.68 bits per heavy atom. The van der Waals surface area contributed by atoms with Crippen molar-refractivity contribution in [3.05, 3.63) is 34.3 Å². The average molecular weight is 386 g/mol. The van der Waals surface area contributed by atoms with Gasteiger partial charge in [-0.3, -0.25) is 4.79 Å². The highest BCUT2D eigenvalue weighted by molar-refractivity contribution is 9.10. The van der Waals surface area contributed by atoms with Gasteiger partial charge in [0.1, 0.15) is 0 Å². The molecule has 0 bridgehead atoms. The Balaban J connectivity index is 0.00000144. The van der Waals surface area contributed by atoms with E-state index in [2.05, 4.69) is 33.0 Å². The van der Waals surface area contributed by atoms with Crippen LogP contribution in [0.25, 0.3) is 0 Å². The van der Waals surface area contributed by atoms with Crippen LogP contribution in [0, 0.1) is 11.8 Å². The van der Waals surface area contributed by atoms with Gasteiger partial charge in [0.25, 0.3) is 0 Å². The molecule has 2 aliphatic carbocycles. The zero-order chi connectivity index (χ0) is 14.6. The summed E-state index contributed by atoms with van der Waals surface area (Å²) in [5.74, 6) is 1.51. The van der Waals surface area contributed by atoms with E-state index in [1.165, 1.54) is 12.0 Å². The van der Waals surface area contributed by atoms with Crippen LogP contribution in [-0.4, -0.2) is 29.9 Å². The summed E-state index contributed by atoms with van der Waals surface area (Å²) in [6, 6.07) is 8.55. The van der Waals surface area contributed by atoms with Gasteiger partial charge in [0, 0.05) is 23.6 Å². The monoisotopic (exact) mass is 384 g/mol. The number of amides is 1. The molecule has 1 aromatic rings. The highest BCUT2D eigenvalue weighted by Gasteiger charge is 2.55. The molecule has 1 saturated heterocycles. The predicted octanol–water partition coefficient (Wildman–Crippen LogP) is 3.10. The van der Waals surface area contributed by atoms with Crippen LogP contribution in [0.15, 0.2) is 28.7 Å². The summed E-state index contributed by atoms with van der Waals surface area (Å²) in [5.41, 5.74) is 7.12. The standard InChI is InChI=1S/C17H21BrN2O.ClH/c18-13-3-1-2-12(8-13)17(6-7-17)16(21)20-9-11-4-5-15(19)14(11)10-20;/h1-3,8,11,14-15H,4-7,9-10,19H2;1H. The number of nitrogens with two attached hydrogens (primary N) is 1. The second-order valence-corrected chi connectivity index (χ2v) is 7.88. The van der Waals surface area contributed by atoms with Crippen molar-refractivity contribution >= 4 is 34.2 Å². The first-order valence-electron chi connectivity index (χ1n) is 7.91. The molecule has 3 atom stereocenters. The first kappa shape index (κ1) is 16.3. The van der Waals surface area contributed by atoms with Crippen LogP contribution in [0.5, 0.6) is 0 Å². The van der Waals surface area contributed by atoms with E-state index in [4.69, 9.17) is 5.73 Å². The summed E-state index contributed by atoms with van der Waals surface area (Å²) >= 11 is 3.52. The number of benzene rings is 1. The number of hydrogen-bond acceptors (Lipinski definition) is 2. The summed E-state index contributed by atoms with van der Waals surface area (Å²) in [4.78, 5) is 15.1. The molecule has 0 spiro atoms. The van der Waals surface area contributed by atoms with E-state index in [9.17, 15) is 4.79 Å².